The molecule has 11 heteroatoms. The number of aromatic nitrogens is 3. The first-order chi connectivity index (χ1) is 16.7. The lowest BCUT2D eigenvalue weighted by Gasteiger charge is -2.22. The second kappa shape index (κ2) is 11.6. The maximum Gasteiger partial charge on any atom is 0.269 e. The largest absolute Gasteiger partial charge is 0.342 e. The lowest BCUT2D eigenvalue weighted by atomic mass is 10.0. The van der Waals surface area contributed by atoms with Gasteiger partial charge in [-0.1, -0.05) is 43.8 Å². The van der Waals surface area contributed by atoms with Crippen LogP contribution in [0.15, 0.2) is 53.7 Å². The third kappa shape index (κ3) is 6.44. The highest BCUT2D eigenvalue weighted by atomic mass is 32.2. The molecule has 0 spiro atoms. The van der Waals surface area contributed by atoms with E-state index in [9.17, 15) is 19.7 Å². The zero-order valence-corrected chi connectivity index (χ0v) is 20.8. The van der Waals surface area contributed by atoms with Crippen LogP contribution in [0.1, 0.15) is 48.6 Å². The average molecular weight is 497 g/mol. The average Bonchev–Trinajstić information content (AvgIpc) is 3.25. The lowest BCUT2D eigenvalue weighted by Crippen LogP contribution is -2.33. The third-order valence-corrected chi connectivity index (χ3v) is 6.32. The summed E-state index contributed by atoms with van der Waals surface area (Å²) in [5.74, 6) is 0.306. The Morgan fingerprint density at radius 3 is 2.46 bits per heavy atom. The number of carbonyl (C=O) groups excluding carboxylic acids is 2. The zero-order chi connectivity index (χ0) is 25.5. The summed E-state index contributed by atoms with van der Waals surface area (Å²) >= 11 is 1.23. The predicted molar refractivity (Wildman–Crippen MR) is 134 cm³/mol. The van der Waals surface area contributed by atoms with Crippen molar-refractivity contribution in [3.63, 3.8) is 0 Å². The Kier molecular flexibility index (Phi) is 8.58. The van der Waals surface area contributed by atoms with Crippen LogP contribution in [0.25, 0.3) is 0 Å². The highest BCUT2D eigenvalue weighted by Gasteiger charge is 2.26. The van der Waals surface area contributed by atoms with Crippen molar-refractivity contribution in [3.8, 4) is 0 Å². The van der Waals surface area contributed by atoms with E-state index in [0.29, 0.717) is 34.3 Å². The van der Waals surface area contributed by atoms with Crippen LogP contribution in [-0.2, 0) is 11.3 Å². The highest BCUT2D eigenvalue weighted by Crippen LogP contribution is 2.26. The number of anilines is 1. The molecule has 0 fully saturated rings. The number of non-ortho nitro benzene ring substituents is 1. The van der Waals surface area contributed by atoms with Gasteiger partial charge in [-0.25, -0.2) is 0 Å². The van der Waals surface area contributed by atoms with Crippen LogP contribution in [0.2, 0.25) is 0 Å². The molecule has 184 valence electrons. The van der Waals surface area contributed by atoms with Gasteiger partial charge in [-0.05, 0) is 43.5 Å². The zero-order valence-electron chi connectivity index (χ0n) is 20.0. The summed E-state index contributed by atoms with van der Waals surface area (Å²) in [7, 11) is 0. The Balaban J connectivity index is 1.70. The summed E-state index contributed by atoms with van der Waals surface area (Å²) in [4.78, 5) is 35.7. The molecule has 0 aliphatic heterocycles. The van der Waals surface area contributed by atoms with Crippen molar-refractivity contribution in [2.45, 2.75) is 45.4 Å². The lowest BCUT2D eigenvalue weighted by molar-refractivity contribution is -0.384. The number of carbonyl (C=O) groups is 2. The van der Waals surface area contributed by atoms with Crippen molar-refractivity contribution in [1.82, 2.24) is 20.1 Å². The van der Waals surface area contributed by atoms with Crippen LogP contribution in [0.4, 0.5) is 11.4 Å². The topological polar surface area (TPSA) is 132 Å². The number of nitro groups is 1. The third-order valence-electron chi connectivity index (χ3n) is 5.36. The number of thioether (sulfide) groups is 1. The first-order valence-electron chi connectivity index (χ1n) is 11.2. The van der Waals surface area contributed by atoms with Gasteiger partial charge in [0.1, 0.15) is 0 Å². The van der Waals surface area contributed by atoms with Crippen molar-refractivity contribution < 1.29 is 14.5 Å². The van der Waals surface area contributed by atoms with Crippen LogP contribution >= 0.6 is 11.8 Å². The molecular formula is C24H28N6O4S. The molecule has 0 aliphatic rings. The van der Waals surface area contributed by atoms with E-state index in [1.807, 2.05) is 43.5 Å². The van der Waals surface area contributed by atoms with Crippen molar-refractivity contribution >= 4 is 35.0 Å². The summed E-state index contributed by atoms with van der Waals surface area (Å²) < 4.78 is 1.89. The van der Waals surface area contributed by atoms with Crippen LogP contribution in [0.3, 0.4) is 0 Å². The molecule has 1 heterocycles. The van der Waals surface area contributed by atoms with E-state index in [0.717, 1.165) is 0 Å². The molecule has 0 bridgehead atoms. The van der Waals surface area contributed by atoms with Gasteiger partial charge in [0, 0.05) is 29.9 Å². The van der Waals surface area contributed by atoms with E-state index >= 15 is 0 Å². The van der Waals surface area contributed by atoms with Gasteiger partial charge in [-0.15, -0.1) is 10.2 Å². The fourth-order valence-electron chi connectivity index (χ4n) is 3.50. The number of hydrogen-bond acceptors (Lipinski definition) is 7. The Labute approximate surface area is 207 Å². The number of hydrogen-bond donors (Lipinski definition) is 2. The van der Waals surface area contributed by atoms with Gasteiger partial charge in [-0.2, -0.15) is 0 Å². The molecule has 1 aromatic heterocycles. The van der Waals surface area contributed by atoms with E-state index in [2.05, 4.69) is 20.8 Å². The molecule has 3 rings (SSSR count). The van der Waals surface area contributed by atoms with Crippen molar-refractivity contribution in [2.75, 3.05) is 11.1 Å². The van der Waals surface area contributed by atoms with E-state index in [-0.39, 0.29) is 35.2 Å². The fourth-order valence-corrected chi connectivity index (χ4v) is 4.30. The molecule has 0 radical (unpaired) electrons. The maximum atomic E-state index is 12.7. The molecule has 0 saturated heterocycles. The minimum atomic E-state index is -0.476. The van der Waals surface area contributed by atoms with Gasteiger partial charge >= 0.3 is 0 Å². The van der Waals surface area contributed by atoms with E-state index in [4.69, 9.17) is 0 Å². The smallest absolute Gasteiger partial charge is 0.269 e. The fraction of sp³-hybridized carbons (Fsp3) is 0.333. The normalized spacial score (nSPS) is 11.8. The Hall–Kier alpha value is -3.73. The summed E-state index contributed by atoms with van der Waals surface area (Å²) in [6.45, 7) is 8.21. The molecule has 0 unspecified atom stereocenters. The molecule has 35 heavy (non-hydrogen) atoms. The summed E-state index contributed by atoms with van der Waals surface area (Å²) in [6.07, 6.45) is 0. The molecule has 0 aliphatic carbocycles. The molecule has 2 aromatic carbocycles. The second-order valence-electron chi connectivity index (χ2n) is 8.24. The van der Waals surface area contributed by atoms with Gasteiger partial charge in [0.25, 0.3) is 11.6 Å². The highest BCUT2D eigenvalue weighted by molar-refractivity contribution is 7.99. The van der Waals surface area contributed by atoms with Gasteiger partial charge in [-0.3, -0.25) is 19.7 Å². The SMILES string of the molecule is CCn1c(SCC(=O)Nc2ccc([N+](=O)[O-])cc2C)nnc1[C@@H](NC(=O)c1ccccc1)C(C)C. The number of nitrogens with zero attached hydrogens (tertiary/aromatic N) is 4. The van der Waals surface area contributed by atoms with Crippen molar-refractivity contribution in [3.05, 3.63) is 75.6 Å². The van der Waals surface area contributed by atoms with Gasteiger partial charge in [0.05, 0.1) is 16.7 Å². The van der Waals surface area contributed by atoms with Gasteiger partial charge in [0.15, 0.2) is 11.0 Å². The molecule has 1 atom stereocenters. The molecule has 10 nitrogen and oxygen atoms in total. The van der Waals surface area contributed by atoms with Crippen molar-refractivity contribution in [1.29, 1.82) is 0 Å². The number of nitrogens with one attached hydrogen (secondary N) is 2. The summed E-state index contributed by atoms with van der Waals surface area (Å²) in [6, 6.07) is 12.9. The summed E-state index contributed by atoms with van der Waals surface area (Å²) in [5.41, 5.74) is 1.65. The van der Waals surface area contributed by atoms with Crippen LogP contribution in [-0.4, -0.2) is 37.3 Å². The Morgan fingerprint density at radius 1 is 1.14 bits per heavy atom. The number of amides is 2. The molecule has 0 saturated carbocycles. The monoisotopic (exact) mass is 496 g/mol. The summed E-state index contributed by atoms with van der Waals surface area (Å²) in [5, 5.41) is 25.9. The van der Waals surface area contributed by atoms with E-state index in [1.165, 1.54) is 30.0 Å². The van der Waals surface area contributed by atoms with Crippen LogP contribution < -0.4 is 10.6 Å². The van der Waals surface area contributed by atoms with Crippen molar-refractivity contribution in [2.24, 2.45) is 5.92 Å². The van der Waals surface area contributed by atoms with Crippen LogP contribution in [0, 0.1) is 23.0 Å². The second-order valence-corrected chi connectivity index (χ2v) is 9.18. The first kappa shape index (κ1) is 25.9. The van der Waals surface area contributed by atoms with E-state index in [1.54, 1.807) is 19.1 Å². The first-order valence-corrected chi connectivity index (χ1v) is 12.2. The van der Waals surface area contributed by atoms with Gasteiger partial charge < -0.3 is 15.2 Å². The minimum absolute atomic E-state index is 0.0301. The predicted octanol–water partition coefficient (Wildman–Crippen LogP) is 4.37. The molecular weight excluding hydrogens is 468 g/mol. The molecule has 2 amide bonds. The Bertz CT molecular complexity index is 1210. The molecule has 2 N–H and O–H groups in total. The number of rotatable bonds is 10. The maximum absolute atomic E-state index is 12.7. The minimum Gasteiger partial charge on any atom is -0.342 e. The van der Waals surface area contributed by atoms with E-state index < -0.39 is 4.92 Å². The van der Waals surface area contributed by atoms with Crippen LogP contribution in [0.5, 0.6) is 0 Å². The number of aryl methyl sites for hydroxylation is 1. The Morgan fingerprint density at radius 2 is 1.86 bits per heavy atom. The number of nitro benzene ring substituents is 1. The molecule has 3 aromatic rings. The number of benzene rings is 2. The van der Waals surface area contributed by atoms with Gasteiger partial charge in [0.2, 0.25) is 5.91 Å². The standard InChI is InChI=1S/C24H28N6O4S/c1-5-29-22(21(15(2)3)26-23(32)17-9-7-6-8-10-17)27-28-24(29)35-14-20(31)25-19-12-11-18(30(33)34)13-16(19)4/h6-13,15,21H,5,14H2,1-4H3,(H,25,31)(H,26,32)/t21-/m0/s1. The quantitative estimate of drug-likeness (QED) is 0.242.